The van der Waals surface area contributed by atoms with Crippen molar-refractivity contribution >= 4 is 11.7 Å². The van der Waals surface area contributed by atoms with Gasteiger partial charge in [-0.05, 0) is 50.7 Å². The summed E-state index contributed by atoms with van der Waals surface area (Å²) in [6.07, 6.45) is 1.93. The largest absolute Gasteiger partial charge is 0.330 e. The van der Waals surface area contributed by atoms with E-state index in [0.29, 0.717) is 18.8 Å². The Labute approximate surface area is 124 Å². The molecule has 0 radical (unpaired) electrons. The van der Waals surface area contributed by atoms with Crippen LogP contribution in [0.2, 0.25) is 0 Å². The van der Waals surface area contributed by atoms with Gasteiger partial charge in [-0.15, -0.1) is 0 Å². The highest BCUT2D eigenvalue weighted by Gasteiger charge is 2.18. The van der Waals surface area contributed by atoms with Crippen LogP contribution >= 0.6 is 0 Å². The number of amides is 2. The van der Waals surface area contributed by atoms with Crippen LogP contribution in [0.5, 0.6) is 0 Å². The summed E-state index contributed by atoms with van der Waals surface area (Å²) in [6, 6.07) is 5.79. The zero-order chi connectivity index (χ0) is 15.1. The number of anilines is 1. The first kappa shape index (κ1) is 15.7. The van der Waals surface area contributed by atoms with E-state index in [1.165, 1.54) is 12.1 Å². The third kappa shape index (κ3) is 4.99. The van der Waals surface area contributed by atoms with E-state index in [2.05, 4.69) is 10.2 Å². The van der Waals surface area contributed by atoms with E-state index >= 15 is 0 Å². The molecule has 1 saturated heterocycles. The standard InChI is InChI=1S/C15H23FN4O/c16-13-4-1-5-14(12-13)18-15(21)20-9-3-8-19(10-11-20)7-2-6-17/h1,4-5,12H,2-3,6-11,17H2,(H,18,21). The summed E-state index contributed by atoms with van der Waals surface area (Å²) in [4.78, 5) is 16.3. The second kappa shape index (κ2) is 7.95. The van der Waals surface area contributed by atoms with Gasteiger partial charge >= 0.3 is 6.03 Å². The van der Waals surface area contributed by atoms with Crippen LogP contribution < -0.4 is 11.1 Å². The Morgan fingerprint density at radius 3 is 2.90 bits per heavy atom. The molecule has 21 heavy (non-hydrogen) atoms. The van der Waals surface area contributed by atoms with Crippen molar-refractivity contribution in [3.8, 4) is 0 Å². The van der Waals surface area contributed by atoms with E-state index in [9.17, 15) is 9.18 Å². The van der Waals surface area contributed by atoms with Gasteiger partial charge in [0.15, 0.2) is 0 Å². The van der Waals surface area contributed by atoms with Crippen LogP contribution in [-0.4, -0.2) is 55.1 Å². The third-order valence-corrected chi connectivity index (χ3v) is 3.63. The lowest BCUT2D eigenvalue weighted by atomic mass is 10.3. The van der Waals surface area contributed by atoms with E-state index in [1.807, 2.05) is 0 Å². The van der Waals surface area contributed by atoms with Crippen molar-refractivity contribution in [2.45, 2.75) is 12.8 Å². The number of carbonyl (C=O) groups excluding carboxylic acids is 1. The van der Waals surface area contributed by atoms with Crippen LogP contribution in [-0.2, 0) is 0 Å². The zero-order valence-electron chi connectivity index (χ0n) is 12.2. The van der Waals surface area contributed by atoms with Crippen molar-refractivity contribution in [1.82, 2.24) is 9.80 Å². The first-order chi connectivity index (χ1) is 10.2. The predicted octanol–water partition coefficient (Wildman–Crippen LogP) is 1.71. The molecular formula is C15H23FN4O. The highest BCUT2D eigenvalue weighted by molar-refractivity contribution is 5.89. The molecule has 2 rings (SSSR count). The zero-order valence-corrected chi connectivity index (χ0v) is 12.2. The molecular weight excluding hydrogens is 271 g/mol. The predicted molar refractivity (Wildman–Crippen MR) is 81.7 cm³/mol. The first-order valence-electron chi connectivity index (χ1n) is 7.43. The van der Waals surface area contributed by atoms with Gasteiger partial charge in [-0.25, -0.2) is 9.18 Å². The van der Waals surface area contributed by atoms with Gasteiger partial charge in [0.05, 0.1) is 0 Å². The van der Waals surface area contributed by atoms with Crippen LogP contribution in [0, 0.1) is 5.82 Å². The Bertz CT molecular complexity index is 469. The van der Waals surface area contributed by atoms with Crippen molar-refractivity contribution < 1.29 is 9.18 Å². The Balaban J connectivity index is 1.85. The van der Waals surface area contributed by atoms with Gasteiger partial charge in [0, 0.05) is 25.3 Å². The number of nitrogens with one attached hydrogen (secondary N) is 1. The number of halogens is 1. The molecule has 0 atom stereocenters. The van der Waals surface area contributed by atoms with Crippen LogP contribution in [0.25, 0.3) is 0 Å². The molecule has 1 heterocycles. The van der Waals surface area contributed by atoms with Crippen molar-refractivity contribution in [2.24, 2.45) is 5.73 Å². The molecule has 0 spiro atoms. The summed E-state index contributed by atoms with van der Waals surface area (Å²) in [5.74, 6) is -0.350. The Morgan fingerprint density at radius 1 is 1.29 bits per heavy atom. The highest BCUT2D eigenvalue weighted by Crippen LogP contribution is 2.11. The molecule has 0 saturated carbocycles. The Morgan fingerprint density at radius 2 is 2.14 bits per heavy atom. The molecule has 116 valence electrons. The van der Waals surface area contributed by atoms with Crippen molar-refractivity contribution in [3.63, 3.8) is 0 Å². The molecule has 1 fully saturated rings. The van der Waals surface area contributed by atoms with Gasteiger partial charge in [-0.3, -0.25) is 0 Å². The van der Waals surface area contributed by atoms with Crippen molar-refractivity contribution in [3.05, 3.63) is 30.1 Å². The van der Waals surface area contributed by atoms with Gasteiger partial charge in [0.25, 0.3) is 0 Å². The van der Waals surface area contributed by atoms with Gasteiger partial charge in [0.2, 0.25) is 0 Å². The Hall–Kier alpha value is -1.66. The minimum Gasteiger partial charge on any atom is -0.330 e. The topological polar surface area (TPSA) is 61.6 Å². The molecule has 0 bridgehead atoms. The smallest absolute Gasteiger partial charge is 0.321 e. The van der Waals surface area contributed by atoms with Gasteiger partial charge in [0.1, 0.15) is 5.82 Å². The van der Waals surface area contributed by atoms with Crippen LogP contribution in [0.4, 0.5) is 14.9 Å². The fraction of sp³-hybridized carbons (Fsp3) is 0.533. The summed E-state index contributed by atoms with van der Waals surface area (Å²) < 4.78 is 13.1. The maximum absolute atomic E-state index is 13.1. The lowest BCUT2D eigenvalue weighted by molar-refractivity contribution is 0.211. The molecule has 2 amide bonds. The first-order valence-corrected chi connectivity index (χ1v) is 7.43. The number of hydrogen-bond donors (Lipinski definition) is 2. The molecule has 1 aliphatic rings. The van der Waals surface area contributed by atoms with Crippen LogP contribution in [0.15, 0.2) is 24.3 Å². The van der Waals surface area contributed by atoms with E-state index in [0.717, 1.165) is 39.0 Å². The summed E-state index contributed by atoms with van der Waals surface area (Å²) in [6.45, 7) is 4.93. The summed E-state index contributed by atoms with van der Waals surface area (Å²) in [5, 5.41) is 2.75. The Kier molecular flexibility index (Phi) is 5.95. The average molecular weight is 294 g/mol. The number of urea groups is 1. The lowest BCUT2D eigenvalue weighted by Gasteiger charge is -2.22. The molecule has 0 aromatic heterocycles. The second-order valence-corrected chi connectivity index (χ2v) is 5.26. The SMILES string of the molecule is NCCCN1CCCN(C(=O)Nc2cccc(F)c2)CC1. The van der Waals surface area contributed by atoms with Crippen LogP contribution in [0.1, 0.15) is 12.8 Å². The molecule has 3 N–H and O–H groups in total. The summed E-state index contributed by atoms with van der Waals surface area (Å²) in [5.41, 5.74) is 6.02. The van der Waals surface area contributed by atoms with E-state index in [-0.39, 0.29) is 11.8 Å². The molecule has 5 nitrogen and oxygen atoms in total. The highest BCUT2D eigenvalue weighted by atomic mass is 19.1. The van der Waals surface area contributed by atoms with Crippen molar-refractivity contribution in [2.75, 3.05) is 44.6 Å². The molecule has 1 aliphatic heterocycles. The minimum absolute atomic E-state index is 0.165. The van der Waals surface area contributed by atoms with Gasteiger partial charge < -0.3 is 20.9 Å². The van der Waals surface area contributed by atoms with Gasteiger partial charge in [-0.1, -0.05) is 6.07 Å². The molecule has 1 aromatic carbocycles. The molecule has 0 aliphatic carbocycles. The quantitative estimate of drug-likeness (QED) is 0.889. The number of rotatable bonds is 4. The average Bonchev–Trinajstić information content (AvgIpc) is 2.70. The number of nitrogens with two attached hydrogens (primary N) is 1. The molecule has 6 heteroatoms. The number of nitrogens with zero attached hydrogens (tertiary/aromatic N) is 2. The number of benzene rings is 1. The number of carbonyl (C=O) groups is 1. The van der Waals surface area contributed by atoms with Crippen molar-refractivity contribution in [1.29, 1.82) is 0 Å². The lowest BCUT2D eigenvalue weighted by Crippen LogP contribution is -2.38. The molecule has 1 aromatic rings. The molecule has 0 unspecified atom stereocenters. The van der Waals surface area contributed by atoms with E-state index < -0.39 is 0 Å². The van der Waals surface area contributed by atoms with E-state index in [4.69, 9.17) is 5.73 Å². The normalized spacial score (nSPS) is 16.6. The monoisotopic (exact) mass is 294 g/mol. The second-order valence-electron chi connectivity index (χ2n) is 5.26. The fourth-order valence-corrected chi connectivity index (χ4v) is 2.48. The number of hydrogen-bond acceptors (Lipinski definition) is 3. The van der Waals surface area contributed by atoms with E-state index in [1.54, 1.807) is 17.0 Å². The fourth-order valence-electron chi connectivity index (χ4n) is 2.48. The van der Waals surface area contributed by atoms with Gasteiger partial charge in [-0.2, -0.15) is 0 Å². The summed E-state index contributed by atoms with van der Waals surface area (Å²) in [7, 11) is 0. The third-order valence-electron chi connectivity index (χ3n) is 3.63. The van der Waals surface area contributed by atoms with Crippen LogP contribution in [0.3, 0.4) is 0 Å². The minimum atomic E-state index is -0.350. The maximum atomic E-state index is 13.1. The summed E-state index contributed by atoms with van der Waals surface area (Å²) >= 11 is 0. The maximum Gasteiger partial charge on any atom is 0.321 e.